The molecule has 0 aromatic carbocycles. The zero-order valence-electron chi connectivity index (χ0n) is 13.1. The van der Waals surface area contributed by atoms with Gasteiger partial charge in [0.05, 0.1) is 12.0 Å². The first-order valence-electron chi connectivity index (χ1n) is 8.35. The molecule has 4 aliphatic rings. The average molecular weight is 287 g/mol. The van der Waals surface area contributed by atoms with Gasteiger partial charge in [0.15, 0.2) is 0 Å². The first-order valence-corrected chi connectivity index (χ1v) is 8.35. The van der Waals surface area contributed by atoms with Gasteiger partial charge in [0.2, 0.25) is 5.91 Å². The van der Waals surface area contributed by atoms with Crippen LogP contribution >= 0.6 is 0 Å². The number of aryl methyl sites for hydroxylation is 1. The van der Waals surface area contributed by atoms with Crippen molar-refractivity contribution >= 4 is 5.91 Å². The third-order valence-corrected chi connectivity index (χ3v) is 6.03. The minimum absolute atomic E-state index is 0.0366. The quantitative estimate of drug-likeness (QED) is 0.848. The Kier molecular flexibility index (Phi) is 2.95. The van der Waals surface area contributed by atoms with Crippen molar-refractivity contribution in [3.05, 3.63) is 23.7 Å². The van der Waals surface area contributed by atoms with Crippen LogP contribution in [0.25, 0.3) is 0 Å². The summed E-state index contributed by atoms with van der Waals surface area (Å²) in [4.78, 5) is 15.0. The Balaban J connectivity index is 1.51. The van der Waals surface area contributed by atoms with E-state index in [9.17, 15) is 4.79 Å². The van der Waals surface area contributed by atoms with E-state index in [2.05, 4.69) is 0 Å². The van der Waals surface area contributed by atoms with Crippen molar-refractivity contribution in [3.8, 4) is 0 Å². The number of amides is 1. The highest BCUT2D eigenvalue weighted by Crippen LogP contribution is 2.60. The molecule has 0 N–H and O–H groups in total. The Labute approximate surface area is 126 Å². The second-order valence-electron chi connectivity index (χ2n) is 7.87. The number of hydrogen-bond donors (Lipinski definition) is 0. The second kappa shape index (κ2) is 4.62. The summed E-state index contributed by atoms with van der Waals surface area (Å²) >= 11 is 0. The van der Waals surface area contributed by atoms with E-state index in [4.69, 9.17) is 4.42 Å². The van der Waals surface area contributed by atoms with E-state index >= 15 is 0 Å². The molecule has 4 fully saturated rings. The Morgan fingerprint density at radius 3 is 2.24 bits per heavy atom. The Hall–Kier alpha value is -1.25. The van der Waals surface area contributed by atoms with Crippen LogP contribution in [0.3, 0.4) is 0 Å². The molecule has 1 aromatic heterocycles. The minimum atomic E-state index is -0.0366. The van der Waals surface area contributed by atoms with E-state index in [1.165, 1.54) is 19.3 Å². The number of rotatable bonds is 3. The lowest BCUT2D eigenvalue weighted by Crippen LogP contribution is -2.53. The number of carbonyl (C=O) groups is 1. The molecule has 1 heterocycles. The molecule has 114 valence electrons. The van der Waals surface area contributed by atoms with Crippen LogP contribution in [-0.2, 0) is 11.3 Å². The predicted octanol–water partition coefficient (Wildman–Crippen LogP) is 3.76. The summed E-state index contributed by atoms with van der Waals surface area (Å²) in [6.07, 6.45) is 7.56. The smallest absolute Gasteiger partial charge is 0.228 e. The highest BCUT2D eigenvalue weighted by Gasteiger charge is 2.55. The molecule has 4 aliphatic carbocycles. The van der Waals surface area contributed by atoms with Gasteiger partial charge in [-0.1, -0.05) is 0 Å². The van der Waals surface area contributed by atoms with Crippen molar-refractivity contribution in [3.63, 3.8) is 0 Å². The maximum Gasteiger partial charge on any atom is 0.228 e. The highest BCUT2D eigenvalue weighted by molar-refractivity contribution is 5.83. The summed E-state index contributed by atoms with van der Waals surface area (Å²) in [6, 6.07) is 3.96. The molecule has 0 unspecified atom stereocenters. The topological polar surface area (TPSA) is 33.5 Å². The summed E-state index contributed by atoms with van der Waals surface area (Å²) in [6.45, 7) is 2.55. The molecular weight excluding hydrogens is 262 g/mol. The first kappa shape index (κ1) is 13.4. The van der Waals surface area contributed by atoms with E-state index in [0.29, 0.717) is 12.5 Å². The number of carbonyl (C=O) groups excluding carboxylic acids is 1. The van der Waals surface area contributed by atoms with Gasteiger partial charge in [-0.15, -0.1) is 0 Å². The van der Waals surface area contributed by atoms with Gasteiger partial charge < -0.3 is 9.32 Å². The van der Waals surface area contributed by atoms with Crippen LogP contribution in [0.2, 0.25) is 0 Å². The van der Waals surface area contributed by atoms with E-state index in [0.717, 1.165) is 48.5 Å². The van der Waals surface area contributed by atoms with Gasteiger partial charge in [-0.3, -0.25) is 4.79 Å². The molecule has 3 nitrogen and oxygen atoms in total. The maximum absolute atomic E-state index is 13.1. The standard InChI is InChI=1S/C18H25NO2/c1-12-3-4-16(21-12)11-19(2)17(20)18-8-13-5-14(9-18)7-15(6-13)10-18/h3-4,13-15H,5-11H2,1-2H3. The zero-order valence-corrected chi connectivity index (χ0v) is 13.1. The highest BCUT2D eigenvalue weighted by atomic mass is 16.3. The van der Waals surface area contributed by atoms with Gasteiger partial charge >= 0.3 is 0 Å². The van der Waals surface area contributed by atoms with Crippen LogP contribution < -0.4 is 0 Å². The molecule has 0 atom stereocenters. The SMILES string of the molecule is Cc1ccc(CN(C)C(=O)C23CC4CC(CC(C4)C2)C3)o1. The summed E-state index contributed by atoms with van der Waals surface area (Å²) in [5.41, 5.74) is -0.0366. The monoisotopic (exact) mass is 287 g/mol. The maximum atomic E-state index is 13.1. The van der Waals surface area contributed by atoms with E-state index in [1.54, 1.807) is 0 Å². The van der Waals surface area contributed by atoms with Crippen LogP contribution in [0, 0.1) is 30.1 Å². The van der Waals surface area contributed by atoms with E-state index < -0.39 is 0 Å². The molecule has 0 aliphatic heterocycles. The molecule has 1 amide bonds. The van der Waals surface area contributed by atoms with Crippen molar-refractivity contribution in [2.24, 2.45) is 23.2 Å². The third kappa shape index (κ3) is 2.21. The van der Waals surface area contributed by atoms with Crippen molar-refractivity contribution in [1.29, 1.82) is 0 Å². The summed E-state index contributed by atoms with van der Waals surface area (Å²) in [5, 5.41) is 0. The predicted molar refractivity (Wildman–Crippen MR) is 80.5 cm³/mol. The minimum Gasteiger partial charge on any atom is -0.464 e. The fourth-order valence-electron chi connectivity index (χ4n) is 5.65. The van der Waals surface area contributed by atoms with Gasteiger partial charge in [-0.25, -0.2) is 0 Å². The zero-order chi connectivity index (χ0) is 14.6. The van der Waals surface area contributed by atoms with E-state index in [1.807, 2.05) is 31.0 Å². The van der Waals surface area contributed by atoms with Gasteiger partial charge in [0.1, 0.15) is 11.5 Å². The normalized spacial score (nSPS) is 37.0. The Bertz CT molecular complexity index is 524. The molecule has 4 saturated carbocycles. The van der Waals surface area contributed by atoms with Gasteiger partial charge in [0.25, 0.3) is 0 Å². The molecule has 4 bridgehead atoms. The fourth-order valence-corrected chi connectivity index (χ4v) is 5.65. The Morgan fingerprint density at radius 2 is 1.76 bits per heavy atom. The molecule has 0 saturated heterocycles. The molecular formula is C18H25NO2. The van der Waals surface area contributed by atoms with Crippen molar-refractivity contribution in [2.75, 3.05) is 7.05 Å². The van der Waals surface area contributed by atoms with E-state index in [-0.39, 0.29) is 5.41 Å². The largest absolute Gasteiger partial charge is 0.464 e. The van der Waals surface area contributed by atoms with Gasteiger partial charge in [0, 0.05) is 7.05 Å². The summed E-state index contributed by atoms with van der Waals surface area (Å²) in [7, 11) is 1.94. The van der Waals surface area contributed by atoms with Crippen LogP contribution in [0.1, 0.15) is 50.0 Å². The average Bonchev–Trinajstić information content (AvgIpc) is 2.81. The van der Waals surface area contributed by atoms with Crippen LogP contribution in [0.5, 0.6) is 0 Å². The second-order valence-corrected chi connectivity index (χ2v) is 7.87. The number of furan rings is 1. The lowest BCUT2D eigenvalue weighted by molar-refractivity contribution is -0.157. The lowest BCUT2D eigenvalue weighted by Gasteiger charge is -2.56. The van der Waals surface area contributed by atoms with Crippen LogP contribution in [0.4, 0.5) is 0 Å². The first-order chi connectivity index (χ1) is 10.0. The summed E-state index contributed by atoms with van der Waals surface area (Å²) in [5.74, 6) is 4.64. The number of hydrogen-bond acceptors (Lipinski definition) is 2. The van der Waals surface area contributed by atoms with Crippen molar-refractivity contribution in [2.45, 2.75) is 52.0 Å². The molecule has 3 heteroatoms. The Morgan fingerprint density at radius 1 is 1.19 bits per heavy atom. The van der Waals surface area contributed by atoms with Crippen LogP contribution in [0.15, 0.2) is 16.5 Å². The van der Waals surface area contributed by atoms with Crippen molar-refractivity contribution in [1.82, 2.24) is 4.90 Å². The molecule has 1 aromatic rings. The molecule has 21 heavy (non-hydrogen) atoms. The third-order valence-electron chi connectivity index (χ3n) is 6.03. The molecule has 0 spiro atoms. The summed E-state index contributed by atoms with van der Waals surface area (Å²) < 4.78 is 5.63. The van der Waals surface area contributed by atoms with Crippen LogP contribution in [-0.4, -0.2) is 17.9 Å². The fraction of sp³-hybridized carbons (Fsp3) is 0.722. The van der Waals surface area contributed by atoms with Crippen molar-refractivity contribution < 1.29 is 9.21 Å². The van der Waals surface area contributed by atoms with Gasteiger partial charge in [-0.05, 0) is 75.3 Å². The molecule has 0 radical (unpaired) electrons. The number of nitrogens with zero attached hydrogens (tertiary/aromatic N) is 1. The molecule has 5 rings (SSSR count). The lowest BCUT2D eigenvalue weighted by atomic mass is 9.49. The van der Waals surface area contributed by atoms with Gasteiger partial charge in [-0.2, -0.15) is 0 Å².